The van der Waals surface area contributed by atoms with Crippen LogP contribution in [0.1, 0.15) is 0 Å². The molecule has 2 heteroatoms. The van der Waals surface area contributed by atoms with Crippen LogP contribution in [0.15, 0.2) is 72.8 Å². The number of benzene rings is 3. The SMILES string of the molecule is COc1ccc(-c2cc(OC)ccc2-c2ccccc2)cc1. The van der Waals surface area contributed by atoms with Crippen LogP contribution in [0.4, 0.5) is 0 Å². The maximum absolute atomic E-state index is 5.39. The first-order valence-corrected chi connectivity index (χ1v) is 7.19. The molecule has 0 bridgehead atoms. The lowest BCUT2D eigenvalue weighted by Gasteiger charge is -2.12. The highest BCUT2D eigenvalue weighted by molar-refractivity contribution is 5.84. The highest BCUT2D eigenvalue weighted by atomic mass is 16.5. The van der Waals surface area contributed by atoms with E-state index in [-0.39, 0.29) is 0 Å². The van der Waals surface area contributed by atoms with Crippen LogP contribution in [0.2, 0.25) is 0 Å². The van der Waals surface area contributed by atoms with E-state index >= 15 is 0 Å². The van der Waals surface area contributed by atoms with Crippen LogP contribution in [-0.4, -0.2) is 14.2 Å². The van der Waals surface area contributed by atoms with Crippen molar-refractivity contribution in [3.63, 3.8) is 0 Å². The zero-order valence-corrected chi connectivity index (χ0v) is 12.7. The van der Waals surface area contributed by atoms with Gasteiger partial charge in [0.25, 0.3) is 0 Å². The van der Waals surface area contributed by atoms with Gasteiger partial charge in [0.1, 0.15) is 11.5 Å². The van der Waals surface area contributed by atoms with Crippen LogP contribution < -0.4 is 9.47 Å². The lowest BCUT2D eigenvalue weighted by Crippen LogP contribution is -1.89. The molecule has 0 atom stereocenters. The van der Waals surface area contributed by atoms with Gasteiger partial charge in [-0.1, -0.05) is 48.5 Å². The van der Waals surface area contributed by atoms with Gasteiger partial charge in [0, 0.05) is 0 Å². The molecule has 2 nitrogen and oxygen atoms in total. The molecule has 0 aliphatic rings. The number of methoxy groups -OCH3 is 2. The Bertz CT molecular complexity index is 746. The molecule has 0 heterocycles. The van der Waals surface area contributed by atoms with E-state index < -0.39 is 0 Å². The Hall–Kier alpha value is -2.74. The number of hydrogen-bond acceptors (Lipinski definition) is 2. The Morgan fingerprint density at radius 3 is 1.77 bits per heavy atom. The van der Waals surface area contributed by atoms with Crippen LogP contribution >= 0.6 is 0 Å². The molecule has 0 aliphatic heterocycles. The summed E-state index contributed by atoms with van der Waals surface area (Å²) in [6.45, 7) is 0. The van der Waals surface area contributed by atoms with E-state index in [1.807, 2.05) is 24.3 Å². The minimum atomic E-state index is 0.852. The van der Waals surface area contributed by atoms with E-state index in [9.17, 15) is 0 Å². The van der Waals surface area contributed by atoms with E-state index in [4.69, 9.17) is 9.47 Å². The third kappa shape index (κ3) is 2.82. The first-order valence-electron chi connectivity index (χ1n) is 7.19. The summed E-state index contributed by atoms with van der Waals surface area (Å²) in [5.41, 5.74) is 4.66. The first-order chi connectivity index (χ1) is 10.8. The van der Waals surface area contributed by atoms with Crippen molar-refractivity contribution in [2.75, 3.05) is 14.2 Å². The largest absolute Gasteiger partial charge is 0.497 e. The summed E-state index contributed by atoms with van der Waals surface area (Å²) in [5.74, 6) is 1.71. The predicted molar refractivity (Wildman–Crippen MR) is 90.4 cm³/mol. The lowest BCUT2D eigenvalue weighted by molar-refractivity contribution is 0.414. The van der Waals surface area contributed by atoms with Crippen molar-refractivity contribution in [3.8, 4) is 33.8 Å². The molecule has 0 saturated carbocycles. The highest BCUT2D eigenvalue weighted by Gasteiger charge is 2.09. The van der Waals surface area contributed by atoms with Crippen molar-refractivity contribution in [3.05, 3.63) is 72.8 Å². The molecule has 0 aromatic heterocycles. The minimum absolute atomic E-state index is 0.852. The lowest BCUT2D eigenvalue weighted by atomic mass is 9.94. The summed E-state index contributed by atoms with van der Waals surface area (Å²) in [4.78, 5) is 0. The standard InChI is InChI=1S/C20H18O2/c1-21-17-10-8-16(9-11-17)20-14-18(22-2)12-13-19(20)15-6-4-3-5-7-15/h3-14H,1-2H3. The Labute approximate surface area is 131 Å². The topological polar surface area (TPSA) is 18.5 Å². The molecular formula is C20H18O2. The van der Waals surface area contributed by atoms with Crippen molar-refractivity contribution in [2.24, 2.45) is 0 Å². The number of ether oxygens (including phenoxy) is 2. The molecule has 3 rings (SSSR count). The molecule has 0 saturated heterocycles. The Morgan fingerprint density at radius 2 is 1.14 bits per heavy atom. The molecule has 0 aliphatic carbocycles. The fraction of sp³-hybridized carbons (Fsp3) is 0.100. The second kappa shape index (κ2) is 6.35. The summed E-state index contributed by atoms with van der Waals surface area (Å²) in [5, 5.41) is 0. The molecule has 0 spiro atoms. The van der Waals surface area contributed by atoms with Gasteiger partial charge in [-0.2, -0.15) is 0 Å². The van der Waals surface area contributed by atoms with Crippen LogP contribution in [0.3, 0.4) is 0 Å². The van der Waals surface area contributed by atoms with Crippen LogP contribution in [0, 0.1) is 0 Å². The van der Waals surface area contributed by atoms with Crippen molar-refractivity contribution in [1.82, 2.24) is 0 Å². The molecule has 0 amide bonds. The second-order valence-corrected chi connectivity index (χ2v) is 5.01. The van der Waals surface area contributed by atoms with Crippen LogP contribution in [-0.2, 0) is 0 Å². The summed E-state index contributed by atoms with van der Waals surface area (Å²) in [6.07, 6.45) is 0. The number of rotatable bonds is 4. The third-order valence-corrected chi connectivity index (χ3v) is 3.71. The second-order valence-electron chi connectivity index (χ2n) is 5.01. The van der Waals surface area contributed by atoms with Crippen LogP contribution in [0.5, 0.6) is 11.5 Å². The molecule has 0 fully saturated rings. The Kier molecular flexibility index (Phi) is 4.10. The molecule has 0 N–H and O–H groups in total. The monoisotopic (exact) mass is 290 g/mol. The van der Waals surface area contributed by atoms with Crippen molar-refractivity contribution >= 4 is 0 Å². The zero-order chi connectivity index (χ0) is 15.4. The molecule has 110 valence electrons. The van der Waals surface area contributed by atoms with E-state index in [2.05, 4.69) is 48.5 Å². The zero-order valence-electron chi connectivity index (χ0n) is 12.7. The van der Waals surface area contributed by atoms with Crippen molar-refractivity contribution in [2.45, 2.75) is 0 Å². The molecule has 0 radical (unpaired) electrons. The van der Waals surface area contributed by atoms with E-state index in [0.717, 1.165) is 22.6 Å². The fourth-order valence-electron chi connectivity index (χ4n) is 2.53. The summed E-state index contributed by atoms with van der Waals surface area (Å²) >= 11 is 0. The van der Waals surface area contributed by atoms with Crippen molar-refractivity contribution < 1.29 is 9.47 Å². The molecule has 3 aromatic rings. The van der Waals surface area contributed by atoms with Gasteiger partial charge >= 0.3 is 0 Å². The van der Waals surface area contributed by atoms with E-state index in [1.165, 1.54) is 11.1 Å². The maximum atomic E-state index is 5.39. The first kappa shape index (κ1) is 14.2. The minimum Gasteiger partial charge on any atom is -0.497 e. The fourth-order valence-corrected chi connectivity index (χ4v) is 2.53. The maximum Gasteiger partial charge on any atom is 0.119 e. The normalized spacial score (nSPS) is 10.3. The van der Waals surface area contributed by atoms with Gasteiger partial charge in [-0.25, -0.2) is 0 Å². The van der Waals surface area contributed by atoms with Gasteiger partial charge in [0.05, 0.1) is 14.2 Å². The van der Waals surface area contributed by atoms with Gasteiger partial charge in [0.15, 0.2) is 0 Å². The highest BCUT2D eigenvalue weighted by Crippen LogP contribution is 2.35. The summed E-state index contributed by atoms with van der Waals surface area (Å²) in [6, 6.07) is 24.6. The van der Waals surface area contributed by atoms with Gasteiger partial charge in [0.2, 0.25) is 0 Å². The Balaban J connectivity index is 2.14. The number of hydrogen-bond donors (Lipinski definition) is 0. The quantitative estimate of drug-likeness (QED) is 0.670. The van der Waals surface area contributed by atoms with Gasteiger partial charge < -0.3 is 9.47 Å². The Morgan fingerprint density at radius 1 is 0.545 bits per heavy atom. The molecule has 3 aromatic carbocycles. The van der Waals surface area contributed by atoms with Crippen molar-refractivity contribution in [1.29, 1.82) is 0 Å². The molecular weight excluding hydrogens is 272 g/mol. The smallest absolute Gasteiger partial charge is 0.119 e. The third-order valence-electron chi connectivity index (χ3n) is 3.71. The van der Waals surface area contributed by atoms with Gasteiger partial charge in [-0.3, -0.25) is 0 Å². The average molecular weight is 290 g/mol. The summed E-state index contributed by atoms with van der Waals surface area (Å²) in [7, 11) is 3.37. The molecule has 22 heavy (non-hydrogen) atoms. The van der Waals surface area contributed by atoms with E-state index in [1.54, 1.807) is 14.2 Å². The van der Waals surface area contributed by atoms with Gasteiger partial charge in [-0.15, -0.1) is 0 Å². The average Bonchev–Trinajstić information content (AvgIpc) is 2.62. The van der Waals surface area contributed by atoms with E-state index in [0.29, 0.717) is 0 Å². The molecule has 0 unspecified atom stereocenters. The van der Waals surface area contributed by atoms with Gasteiger partial charge in [-0.05, 0) is 46.5 Å². The van der Waals surface area contributed by atoms with Crippen LogP contribution in [0.25, 0.3) is 22.3 Å². The predicted octanol–water partition coefficient (Wildman–Crippen LogP) is 5.04. The summed E-state index contributed by atoms with van der Waals surface area (Å²) < 4.78 is 10.6.